The Morgan fingerprint density at radius 2 is 2.00 bits per heavy atom. The second kappa shape index (κ2) is 8.36. The molecular formula is C12H21ClN2O. The van der Waals surface area contributed by atoms with Crippen molar-refractivity contribution >= 4 is 18.3 Å². The number of hydrogen-bond donors (Lipinski definition) is 1. The Bertz CT molecular complexity index is 227. The van der Waals surface area contributed by atoms with Gasteiger partial charge in [-0.15, -0.1) is 25.6 Å². The van der Waals surface area contributed by atoms with Gasteiger partial charge in [-0.3, -0.25) is 4.79 Å². The summed E-state index contributed by atoms with van der Waals surface area (Å²) in [5.74, 6) is 0.362. The van der Waals surface area contributed by atoms with Gasteiger partial charge in [-0.1, -0.05) is 12.2 Å². The Labute approximate surface area is 104 Å². The number of carbonyl (C=O) groups is 1. The standard InChI is InChI=1S/C12H20N2O.ClH/c1-3-8-14(9-4-2)12(15)11-6-5-7-13-10-11;/h3-4,11,13H,1-2,5-10H2;1H. The minimum Gasteiger partial charge on any atom is -0.335 e. The molecule has 1 heterocycles. The summed E-state index contributed by atoms with van der Waals surface area (Å²) in [7, 11) is 0. The molecule has 92 valence electrons. The molecule has 4 heteroatoms. The molecule has 0 spiro atoms. The van der Waals surface area contributed by atoms with E-state index in [1.54, 1.807) is 17.1 Å². The highest BCUT2D eigenvalue weighted by molar-refractivity contribution is 5.85. The van der Waals surface area contributed by atoms with E-state index in [1.165, 1.54) is 0 Å². The van der Waals surface area contributed by atoms with Gasteiger partial charge in [0.2, 0.25) is 5.91 Å². The molecule has 0 saturated carbocycles. The maximum atomic E-state index is 12.1. The summed E-state index contributed by atoms with van der Waals surface area (Å²) in [6.07, 6.45) is 5.61. The number of nitrogens with zero attached hydrogens (tertiary/aromatic N) is 1. The van der Waals surface area contributed by atoms with E-state index in [-0.39, 0.29) is 24.2 Å². The normalized spacial score (nSPS) is 19.4. The van der Waals surface area contributed by atoms with Gasteiger partial charge in [-0.25, -0.2) is 0 Å². The third-order valence-electron chi connectivity index (χ3n) is 2.66. The van der Waals surface area contributed by atoms with Crippen molar-refractivity contribution in [1.82, 2.24) is 10.2 Å². The summed E-state index contributed by atoms with van der Waals surface area (Å²) in [5.41, 5.74) is 0. The molecule has 1 unspecified atom stereocenters. The first-order chi connectivity index (χ1) is 7.29. The largest absolute Gasteiger partial charge is 0.335 e. The lowest BCUT2D eigenvalue weighted by molar-refractivity contribution is -0.135. The lowest BCUT2D eigenvalue weighted by atomic mass is 9.98. The Kier molecular flexibility index (Phi) is 7.95. The zero-order valence-electron chi connectivity index (χ0n) is 9.65. The van der Waals surface area contributed by atoms with Crippen molar-refractivity contribution in [3.63, 3.8) is 0 Å². The predicted octanol–water partition coefficient (Wildman–Crippen LogP) is 1.61. The smallest absolute Gasteiger partial charge is 0.227 e. The molecule has 1 fully saturated rings. The fourth-order valence-corrected chi connectivity index (χ4v) is 1.89. The first-order valence-electron chi connectivity index (χ1n) is 5.51. The maximum absolute atomic E-state index is 12.1. The molecule has 0 aromatic carbocycles. The number of amides is 1. The SMILES string of the molecule is C=CCN(CC=C)C(=O)C1CCCNC1.Cl. The van der Waals surface area contributed by atoms with E-state index in [0.717, 1.165) is 25.9 Å². The summed E-state index contributed by atoms with van der Waals surface area (Å²) in [4.78, 5) is 13.9. The van der Waals surface area contributed by atoms with Gasteiger partial charge < -0.3 is 10.2 Å². The molecule has 1 amide bonds. The van der Waals surface area contributed by atoms with E-state index in [9.17, 15) is 4.79 Å². The predicted molar refractivity (Wildman–Crippen MR) is 69.8 cm³/mol. The third-order valence-corrected chi connectivity index (χ3v) is 2.66. The fraction of sp³-hybridized carbons (Fsp3) is 0.583. The van der Waals surface area contributed by atoms with Gasteiger partial charge in [0.25, 0.3) is 0 Å². The Morgan fingerprint density at radius 1 is 1.38 bits per heavy atom. The minimum absolute atomic E-state index is 0. The molecule has 1 aliphatic heterocycles. The van der Waals surface area contributed by atoms with E-state index < -0.39 is 0 Å². The summed E-state index contributed by atoms with van der Waals surface area (Å²) >= 11 is 0. The first-order valence-corrected chi connectivity index (χ1v) is 5.51. The van der Waals surface area contributed by atoms with E-state index in [4.69, 9.17) is 0 Å². The molecule has 0 bridgehead atoms. The molecule has 0 aliphatic carbocycles. The van der Waals surface area contributed by atoms with Crippen LogP contribution in [-0.4, -0.2) is 37.0 Å². The molecule has 0 radical (unpaired) electrons. The second-order valence-electron chi connectivity index (χ2n) is 3.86. The van der Waals surface area contributed by atoms with Gasteiger partial charge in [0, 0.05) is 19.6 Å². The lowest BCUT2D eigenvalue weighted by Gasteiger charge is -2.28. The monoisotopic (exact) mass is 244 g/mol. The van der Waals surface area contributed by atoms with Gasteiger partial charge in [0.15, 0.2) is 0 Å². The van der Waals surface area contributed by atoms with Gasteiger partial charge in [0.05, 0.1) is 5.92 Å². The van der Waals surface area contributed by atoms with Crippen LogP contribution in [0.3, 0.4) is 0 Å². The van der Waals surface area contributed by atoms with E-state index in [0.29, 0.717) is 13.1 Å². The van der Waals surface area contributed by atoms with E-state index >= 15 is 0 Å². The fourth-order valence-electron chi connectivity index (χ4n) is 1.89. The second-order valence-corrected chi connectivity index (χ2v) is 3.86. The highest BCUT2D eigenvalue weighted by Gasteiger charge is 2.24. The molecule has 1 atom stereocenters. The molecule has 1 N–H and O–H groups in total. The molecule has 1 rings (SSSR count). The van der Waals surface area contributed by atoms with Crippen molar-refractivity contribution in [2.24, 2.45) is 5.92 Å². The zero-order valence-corrected chi connectivity index (χ0v) is 10.5. The Hall–Kier alpha value is -0.800. The van der Waals surface area contributed by atoms with Crippen molar-refractivity contribution < 1.29 is 4.79 Å². The molecule has 0 aromatic heterocycles. The van der Waals surface area contributed by atoms with Crippen molar-refractivity contribution in [3.8, 4) is 0 Å². The molecule has 0 aromatic rings. The molecule has 1 aliphatic rings. The third kappa shape index (κ3) is 4.37. The van der Waals surface area contributed by atoms with Gasteiger partial charge in [-0.05, 0) is 19.4 Å². The van der Waals surface area contributed by atoms with Crippen LogP contribution in [0.5, 0.6) is 0 Å². The van der Waals surface area contributed by atoms with Crippen molar-refractivity contribution in [2.75, 3.05) is 26.2 Å². The number of rotatable bonds is 5. The summed E-state index contributed by atoms with van der Waals surface area (Å²) in [6, 6.07) is 0. The summed E-state index contributed by atoms with van der Waals surface area (Å²) in [6.45, 7) is 10.4. The van der Waals surface area contributed by atoms with Crippen molar-refractivity contribution in [1.29, 1.82) is 0 Å². The van der Waals surface area contributed by atoms with Gasteiger partial charge >= 0.3 is 0 Å². The quantitative estimate of drug-likeness (QED) is 0.746. The molecule has 3 nitrogen and oxygen atoms in total. The van der Waals surface area contributed by atoms with Crippen LogP contribution in [0.2, 0.25) is 0 Å². The lowest BCUT2D eigenvalue weighted by Crippen LogP contribution is -2.43. The van der Waals surface area contributed by atoms with Crippen LogP contribution in [0.1, 0.15) is 12.8 Å². The average Bonchev–Trinajstić information content (AvgIpc) is 2.29. The highest BCUT2D eigenvalue weighted by atomic mass is 35.5. The van der Waals surface area contributed by atoms with E-state index in [2.05, 4.69) is 18.5 Å². The minimum atomic E-state index is 0. The average molecular weight is 245 g/mol. The van der Waals surface area contributed by atoms with Crippen LogP contribution in [0.4, 0.5) is 0 Å². The van der Waals surface area contributed by atoms with Crippen LogP contribution < -0.4 is 5.32 Å². The van der Waals surface area contributed by atoms with Crippen LogP contribution in [0.25, 0.3) is 0 Å². The van der Waals surface area contributed by atoms with Crippen molar-refractivity contribution in [2.45, 2.75) is 12.8 Å². The van der Waals surface area contributed by atoms with Crippen LogP contribution in [-0.2, 0) is 4.79 Å². The molecule has 1 saturated heterocycles. The van der Waals surface area contributed by atoms with Crippen LogP contribution in [0, 0.1) is 5.92 Å². The van der Waals surface area contributed by atoms with Gasteiger partial charge in [-0.2, -0.15) is 0 Å². The maximum Gasteiger partial charge on any atom is 0.227 e. The van der Waals surface area contributed by atoms with Gasteiger partial charge in [0.1, 0.15) is 0 Å². The Morgan fingerprint density at radius 3 is 2.44 bits per heavy atom. The number of hydrogen-bond acceptors (Lipinski definition) is 2. The number of halogens is 1. The summed E-state index contributed by atoms with van der Waals surface area (Å²) in [5, 5.41) is 3.26. The number of carbonyl (C=O) groups excluding carboxylic acids is 1. The zero-order chi connectivity index (χ0) is 11.1. The number of piperidine rings is 1. The van der Waals surface area contributed by atoms with Crippen LogP contribution >= 0.6 is 12.4 Å². The number of nitrogens with one attached hydrogen (secondary N) is 1. The highest BCUT2D eigenvalue weighted by Crippen LogP contribution is 2.13. The van der Waals surface area contributed by atoms with E-state index in [1.807, 2.05) is 0 Å². The Balaban J connectivity index is 0.00000225. The van der Waals surface area contributed by atoms with Crippen LogP contribution in [0.15, 0.2) is 25.3 Å². The first kappa shape index (κ1) is 15.2. The topological polar surface area (TPSA) is 32.3 Å². The summed E-state index contributed by atoms with van der Waals surface area (Å²) < 4.78 is 0. The van der Waals surface area contributed by atoms with Crippen molar-refractivity contribution in [3.05, 3.63) is 25.3 Å². The molecular weight excluding hydrogens is 224 g/mol. The molecule has 16 heavy (non-hydrogen) atoms.